The zero-order chi connectivity index (χ0) is 13.3. The first-order chi connectivity index (χ1) is 8.47. The van der Waals surface area contributed by atoms with Crippen LogP contribution in [0.3, 0.4) is 0 Å². The predicted molar refractivity (Wildman–Crippen MR) is 76.9 cm³/mol. The van der Waals surface area contributed by atoms with Gasteiger partial charge in [-0.15, -0.1) is 0 Å². The van der Waals surface area contributed by atoms with Crippen LogP contribution in [0.2, 0.25) is 10.0 Å². The highest BCUT2D eigenvalue weighted by molar-refractivity contribution is 6.33. The van der Waals surface area contributed by atoms with Gasteiger partial charge in [0.1, 0.15) is 11.5 Å². The van der Waals surface area contributed by atoms with Crippen molar-refractivity contribution < 1.29 is 4.74 Å². The van der Waals surface area contributed by atoms with Crippen LogP contribution in [-0.2, 0) is 0 Å². The molecular weight excluding hydrogens is 269 g/mol. The Morgan fingerprint density at radius 3 is 2.33 bits per heavy atom. The number of anilines is 1. The topological polar surface area (TPSA) is 35.2 Å². The minimum atomic E-state index is 0.471. The standard InChI is InChI=1S/C14H13Cl2NO/c1-8-3-4-13(11(16)5-8)18-14-7-10(15)12(17)6-9(14)2/h3-7H,17H2,1-2H3. The van der Waals surface area contributed by atoms with Crippen molar-refractivity contribution in [3.63, 3.8) is 0 Å². The van der Waals surface area contributed by atoms with Gasteiger partial charge in [0.2, 0.25) is 0 Å². The molecule has 2 N–H and O–H groups in total. The van der Waals surface area contributed by atoms with Crippen LogP contribution in [0.25, 0.3) is 0 Å². The fourth-order valence-corrected chi connectivity index (χ4v) is 2.03. The summed E-state index contributed by atoms with van der Waals surface area (Å²) >= 11 is 12.1. The number of hydrogen-bond donors (Lipinski definition) is 1. The number of hydrogen-bond acceptors (Lipinski definition) is 2. The number of aryl methyl sites for hydroxylation is 2. The third kappa shape index (κ3) is 2.71. The molecular formula is C14H13Cl2NO. The summed E-state index contributed by atoms with van der Waals surface area (Å²) in [5.41, 5.74) is 8.25. The summed E-state index contributed by atoms with van der Waals surface area (Å²) in [6.07, 6.45) is 0. The van der Waals surface area contributed by atoms with E-state index in [0.717, 1.165) is 11.1 Å². The van der Waals surface area contributed by atoms with Crippen molar-refractivity contribution >= 4 is 28.9 Å². The van der Waals surface area contributed by atoms with E-state index in [-0.39, 0.29) is 0 Å². The van der Waals surface area contributed by atoms with Crippen LogP contribution < -0.4 is 10.5 Å². The number of rotatable bonds is 2. The number of ether oxygens (including phenoxy) is 1. The van der Waals surface area contributed by atoms with Crippen molar-refractivity contribution in [2.75, 3.05) is 5.73 Å². The third-order valence-electron chi connectivity index (χ3n) is 2.60. The van der Waals surface area contributed by atoms with Crippen molar-refractivity contribution in [1.82, 2.24) is 0 Å². The lowest BCUT2D eigenvalue weighted by Crippen LogP contribution is -1.92. The molecule has 0 saturated heterocycles. The van der Waals surface area contributed by atoms with Crippen molar-refractivity contribution in [3.8, 4) is 11.5 Å². The highest BCUT2D eigenvalue weighted by Gasteiger charge is 2.08. The maximum atomic E-state index is 6.12. The van der Waals surface area contributed by atoms with Gasteiger partial charge >= 0.3 is 0 Å². The first kappa shape index (κ1) is 13.1. The third-order valence-corrected chi connectivity index (χ3v) is 3.22. The van der Waals surface area contributed by atoms with Gasteiger partial charge in [-0.1, -0.05) is 29.3 Å². The first-order valence-electron chi connectivity index (χ1n) is 5.47. The molecule has 0 radical (unpaired) electrons. The van der Waals surface area contributed by atoms with Gasteiger partial charge in [0.05, 0.1) is 15.7 Å². The minimum Gasteiger partial charge on any atom is -0.455 e. The van der Waals surface area contributed by atoms with E-state index in [1.165, 1.54) is 0 Å². The minimum absolute atomic E-state index is 0.471. The molecule has 2 nitrogen and oxygen atoms in total. The molecule has 0 fully saturated rings. The van der Waals surface area contributed by atoms with Gasteiger partial charge in [-0.05, 0) is 43.2 Å². The number of benzene rings is 2. The Balaban J connectivity index is 2.37. The maximum absolute atomic E-state index is 6.12. The fraction of sp³-hybridized carbons (Fsp3) is 0.143. The summed E-state index contributed by atoms with van der Waals surface area (Å²) in [5, 5.41) is 1.04. The van der Waals surface area contributed by atoms with E-state index in [1.807, 2.05) is 32.0 Å². The van der Waals surface area contributed by atoms with Crippen molar-refractivity contribution in [3.05, 3.63) is 51.5 Å². The lowest BCUT2D eigenvalue weighted by molar-refractivity contribution is 0.479. The fourth-order valence-electron chi connectivity index (χ4n) is 1.60. The van der Waals surface area contributed by atoms with Crippen molar-refractivity contribution in [1.29, 1.82) is 0 Å². The zero-order valence-corrected chi connectivity index (χ0v) is 11.6. The van der Waals surface area contributed by atoms with E-state index in [2.05, 4.69) is 0 Å². The van der Waals surface area contributed by atoms with E-state index in [0.29, 0.717) is 27.2 Å². The summed E-state index contributed by atoms with van der Waals surface area (Å²) in [5.74, 6) is 1.26. The van der Waals surface area contributed by atoms with Gasteiger partial charge in [0.15, 0.2) is 0 Å². The molecule has 0 aliphatic heterocycles. The van der Waals surface area contributed by atoms with Crippen LogP contribution in [-0.4, -0.2) is 0 Å². The van der Waals surface area contributed by atoms with Crippen LogP contribution in [0.1, 0.15) is 11.1 Å². The average molecular weight is 282 g/mol. The summed E-state index contributed by atoms with van der Waals surface area (Å²) < 4.78 is 5.76. The Bertz CT molecular complexity index is 597. The summed E-state index contributed by atoms with van der Waals surface area (Å²) in [6.45, 7) is 3.88. The highest BCUT2D eigenvalue weighted by atomic mass is 35.5. The molecule has 2 aromatic rings. The first-order valence-corrected chi connectivity index (χ1v) is 6.22. The average Bonchev–Trinajstić information content (AvgIpc) is 2.29. The van der Waals surface area contributed by atoms with Crippen LogP contribution in [0, 0.1) is 13.8 Å². The Hall–Kier alpha value is -1.38. The molecule has 0 amide bonds. The second-order valence-corrected chi connectivity index (χ2v) is 4.99. The second kappa shape index (κ2) is 5.09. The molecule has 94 valence electrons. The Kier molecular flexibility index (Phi) is 3.69. The molecule has 2 aromatic carbocycles. The summed E-state index contributed by atoms with van der Waals surface area (Å²) in [6, 6.07) is 9.10. The lowest BCUT2D eigenvalue weighted by atomic mass is 10.2. The molecule has 0 aliphatic carbocycles. The molecule has 0 unspecified atom stereocenters. The second-order valence-electron chi connectivity index (χ2n) is 4.18. The molecule has 0 aromatic heterocycles. The van der Waals surface area contributed by atoms with E-state index in [4.69, 9.17) is 33.7 Å². The Morgan fingerprint density at radius 1 is 0.944 bits per heavy atom. The highest BCUT2D eigenvalue weighted by Crippen LogP contribution is 2.35. The van der Waals surface area contributed by atoms with Crippen molar-refractivity contribution in [2.45, 2.75) is 13.8 Å². The van der Waals surface area contributed by atoms with Crippen LogP contribution in [0.4, 0.5) is 5.69 Å². The van der Waals surface area contributed by atoms with Crippen LogP contribution >= 0.6 is 23.2 Å². The molecule has 4 heteroatoms. The van der Waals surface area contributed by atoms with E-state index >= 15 is 0 Å². The normalized spacial score (nSPS) is 10.4. The van der Waals surface area contributed by atoms with Gasteiger partial charge in [-0.3, -0.25) is 0 Å². The summed E-state index contributed by atoms with van der Waals surface area (Å²) in [4.78, 5) is 0. The monoisotopic (exact) mass is 281 g/mol. The predicted octanol–water partition coefficient (Wildman–Crippen LogP) is 4.98. The van der Waals surface area contributed by atoms with E-state index in [1.54, 1.807) is 12.1 Å². The van der Waals surface area contributed by atoms with Crippen LogP contribution in [0.5, 0.6) is 11.5 Å². The quantitative estimate of drug-likeness (QED) is 0.788. The van der Waals surface area contributed by atoms with E-state index in [9.17, 15) is 0 Å². The SMILES string of the molecule is Cc1ccc(Oc2cc(Cl)c(N)cc2C)c(Cl)c1. The number of nitrogen functional groups attached to an aromatic ring is 1. The maximum Gasteiger partial charge on any atom is 0.146 e. The largest absolute Gasteiger partial charge is 0.455 e. The molecule has 0 aliphatic rings. The molecule has 0 saturated carbocycles. The van der Waals surface area contributed by atoms with Crippen molar-refractivity contribution in [2.24, 2.45) is 0 Å². The van der Waals surface area contributed by atoms with Gasteiger partial charge < -0.3 is 10.5 Å². The van der Waals surface area contributed by atoms with Gasteiger partial charge in [0, 0.05) is 6.07 Å². The number of nitrogens with two attached hydrogens (primary N) is 1. The van der Waals surface area contributed by atoms with Gasteiger partial charge in [-0.25, -0.2) is 0 Å². The van der Waals surface area contributed by atoms with Gasteiger partial charge in [-0.2, -0.15) is 0 Å². The Labute approximate surface area is 116 Å². The van der Waals surface area contributed by atoms with Gasteiger partial charge in [0.25, 0.3) is 0 Å². The molecule has 18 heavy (non-hydrogen) atoms. The van der Waals surface area contributed by atoms with Crippen LogP contribution in [0.15, 0.2) is 30.3 Å². The van der Waals surface area contributed by atoms with E-state index < -0.39 is 0 Å². The Morgan fingerprint density at radius 2 is 1.67 bits per heavy atom. The molecule has 0 spiro atoms. The zero-order valence-electron chi connectivity index (χ0n) is 10.1. The smallest absolute Gasteiger partial charge is 0.146 e. The summed E-state index contributed by atoms with van der Waals surface area (Å²) in [7, 11) is 0. The lowest BCUT2D eigenvalue weighted by Gasteiger charge is -2.12. The molecule has 0 atom stereocenters. The molecule has 0 bridgehead atoms. The molecule has 0 heterocycles. The number of halogens is 2. The molecule has 2 rings (SSSR count).